The Labute approximate surface area is 182 Å². The van der Waals surface area contributed by atoms with E-state index in [2.05, 4.69) is 10.1 Å². The normalized spacial score (nSPS) is 15.6. The monoisotopic (exact) mass is 424 g/mol. The Hall–Kier alpha value is -3.29. The van der Waals surface area contributed by atoms with E-state index in [1.54, 1.807) is 30.3 Å². The topological polar surface area (TPSA) is 67.2 Å². The quantitative estimate of drug-likeness (QED) is 0.606. The van der Waals surface area contributed by atoms with Crippen LogP contribution < -0.4 is 9.80 Å². The first-order valence-corrected chi connectivity index (χ1v) is 10.1. The molecule has 3 heterocycles. The van der Waals surface area contributed by atoms with E-state index in [-0.39, 0.29) is 25.2 Å². The van der Waals surface area contributed by atoms with Crippen molar-refractivity contribution in [2.24, 2.45) is 0 Å². The smallest absolute Gasteiger partial charge is 0.249 e. The molecule has 2 aromatic heterocycles. The van der Waals surface area contributed by atoms with E-state index in [1.165, 1.54) is 12.1 Å². The molecule has 0 saturated carbocycles. The van der Waals surface area contributed by atoms with Gasteiger partial charge in [0.15, 0.2) is 5.82 Å². The maximum atomic E-state index is 13.0. The Bertz CT molecular complexity index is 1050. The van der Waals surface area contributed by atoms with Crippen LogP contribution in [-0.2, 0) is 24.2 Å². The van der Waals surface area contributed by atoms with Gasteiger partial charge in [0.05, 0.1) is 18.9 Å². The minimum absolute atomic E-state index is 0. The van der Waals surface area contributed by atoms with E-state index in [0.717, 1.165) is 34.9 Å². The number of hydrogen-bond donors (Lipinski definition) is 0. The second kappa shape index (κ2) is 9.24. The van der Waals surface area contributed by atoms with Crippen molar-refractivity contribution in [1.29, 1.82) is 0 Å². The number of aryl methyl sites for hydroxylation is 2. The first kappa shape index (κ1) is 22.4. The summed E-state index contributed by atoms with van der Waals surface area (Å²) in [4.78, 5) is 25.3. The van der Waals surface area contributed by atoms with Crippen LogP contribution in [0.1, 0.15) is 38.2 Å². The molecule has 0 radical (unpaired) electrons. The van der Waals surface area contributed by atoms with Crippen molar-refractivity contribution >= 4 is 17.4 Å². The van der Waals surface area contributed by atoms with E-state index in [4.69, 9.17) is 4.98 Å². The molecule has 0 saturated heterocycles. The zero-order valence-corrected chi connectivity index (χ0v) is 17.4. The third-order valence-electron chi connectivity index (χ3n) is 5.51. The summed E-state index contributed by atoms with van der Waals surface area (Å²) in [5.41, 5.74) is 2.83. The lowest BCUT2D eigenvalue weighted by Crippen LogP contribution is -2.51. The molecule has 3 aromatic rings. The Balaban J connectivity index is 0.00000272. The summed E-state index contributed by atoms with van der Waals surface area (Å²) in [5.74, 6) is 1.36. The molecule has 31 heavy (non-hydrogen) atoms. The molecular formula is C23H29FN6O. The Morgan fingerprint density at radius 2 is 1.84 bits per heavy atom. The van der Waals surface area contributed by atoms with Crippen molar-refractivity contribution in [2.75, 3.05) is 23.4 Å². The average Bonchev–Trinajstić information content (AvgIpc) is 3.20. The van der Waals surface area contributed by atoms with Crippen LogP contribution in [-0.4, -0.2) is 45.3 Å². The van der Waals surface area contributed by atoms with Gasteiger partial charge in [0.25, 0.3) is 0 Å². The molecule has 7 nitrogen and oxygen atoms in total. The predicted octanol–water partition coefficient (Wildman–Crippen LogP) is 3.47. The highest BCUT2D eigenvalue weighted by Crippen LogP contribution is 2.32. The molecule has 1 aliphatic heterocycles. The molecule has 0 aliphatic carbocycles. The number of halogens is 1. The fraction of sp³-hybridized carbons (Fsp3) is 0.391. The van der Waals surface area contributed by atoms with Crippen molar-refractivity contribution in [3.63, 3.8) is 0 Å². The van der Waals surface area contributed by atoms with Gasteiger partial charge in [-0.2, -0.15) is 5.10 Å². The summed E-state index contributed by atoms with van der Waals surface area (Å²) >= 11 is 0. The molecule has 8 heteroatoms. The van der Waals surface area contributed by atoms with E-state index in [0.29, 0.717) is 19.5 Å². The lowest BCUT2D eigenvalue weighted by atomic mass is 10.1. The Morgan fingerprint density at radius 1 is 1.10 bits per heavy atom. The number of aromatic nitrogens is 4. The largest absolute Gasteiger partial charge is 0.343 e. The van der Waals surface area contributed by atoms with Crippen LogP contribution in [0.3, 0.4) is 0 Å². The summed E-state index contributed by atoms with van der Waals surface area (Å²) < 4.78 is 14.9. The molecule has 1 aliphatic rings. The number of hydrogen-bond acceptors (Lipinski definition) is 5. The maximum Gasteiger partial charge on any atom is 0.249 e. The summed E-state index contributed by atoms with van der Waals surface area (Å²) in [7, 11) is 1.77. The zero-order chi connectivity index (χ0) is 21.3. The van der Waals surface area contributed by atoms with Crippen molar-refractivity contribution in [3.8, 4) is 0 Å². The minimum Gasteiger partial charge on any atom is -0.343 e. The van der Waals surface area contributed by atoms with Crippen molar-refractivity contribution < 1.29 is 9.18 Å². The van der Waals surface area contributed by atoms with Gasteiger partial charge in [0, 0.05) is 26.2 Å². The molecule has 4 rings (SSSR count). The molecule has 1 aromatic carbocycles. The molecular weight excluding hydrogens is 395 g/mol. The van der Waals surface area contributed by atoms with E-state index >= 15 is 0 Å². The van der Waals surface area contributed by atoms with Crippen LogP contribution in [0.5, 0.6) is 0 Å². The highest BCUT2D eigenvalue weighted by molar-refractivity contribution is 6.03. The number of amides is 1. The lowest BCUT2D eigenvalue weighted by Gasteiger charge is -2.38. The van der Waals surface area contributed by atoms with Gasteiger partial charge in [-0.05, 0) is 43.5 Å². The first-order valence-electron chi connectivity index (χ1n) is 10.1. The van der Waals surface area contributed by atoms with E-state index in [9.17, 15) is 9.18 Å². The number of fused-ring (bicyclic) bond motifs is 1. The fourth-order valence-electron chi connectivity index (χ4n) is 3.76. The van der Waals surface area contributed by atoms with Crippen molar-refractivity contribution in [2.45, 2.75) is 46.7 Å². The molecule has 0 unspecified atom stereocenters. The first-order chi connectivity index (χ1) is 14.5. The van der Waals surface area contributed by atoms with Crippen LogP contribution in [0.15, 0.2) is 42.9 Å². The van der Waals surface area contributed by atoms with Crippen LogP contribution in [0.2, 0.25) is 0 Å². The summed E-state index contributed by atoms with van der Waals surface area (Å²) in [6.45, 7) is 5.23. The number of benzene rings is 1. The van der Waals surface area contributed by atoms with E-state index < -0.39 is 0 Å². The van der Waals surface area contributed by atoms with Gasteiger partial charge in [-0.1, -0.05) is 19.6 Å². The van der Waals surface area contributed by atoms with E-state index in [1.807, 2.05) is 35.8 Å². The zero-order valence-electron chi connectivity index (χ0n) is 17.4. The van der Waals surface area contributed by atoms with Gasteiger partial charge in [0.1, 0.15) is 23.4 Å². The summed E-state index contributed by atoms with van der Waals surface area (Å²) in [5, 5.41) is 4.40. The van der Waals surface area contributed by atoms with Crippen molar-refractivity contribution in [3.05, 3.63) is 65.6 Å². The third-order valence-corrected chi connectivity index (χ3v) is 5.51. The van der Waals surface area contributed by atoms with Gasteiger partial charge in [-0.15, -0.1) is 0 Å². The number of likely N-dealkylation sites (N-methyl/N-ethyl adjacent to an activating group) is 2. The van der Waals surface area contributed by atoms with Gasteiger partial charge in [-0.25, -0.2) is 14.4 Å². The second-order valence-electron chi connectivity index (χ2n) is 7.53. The molecule has 0 fully saturated rings. The SMILES string of the molecule is C.CCN1c2nc(CCc3cnn(Cc4ccc(F)cc4)c3)ncc2N(C)C(=O)[C@@H]1C. The number of rotatable bonds is 6. The second-order valence-corrected chi connectivity index (χ2v) is 7.53. The number of anilines is 2. The predicted molar refractivity (Wildman–Crippen MR) is 120 cm³/mol. The summed E-state index contributed by atoms with van der Waals surface area (Å²) in [6.07, 6.45) is 7.02. The minimum atomic E-state index is -0.239. The number of nitrogens with zero attached hydrogens (tertiary/aromatic N) is 6. The molecule has 0 spiro atoms. The average molecular weight is 425 g/mol. The van der Waals surface area contributed by atoms with Gasteiger partial charge >= 0.3 is 0 Å². The van der Waals surface area contributed by atoms with Crippen LogP contribution in [0, 0.1) is 5.82 Å². The fourth-order valence-corrected chi connectivity index (χ4v) is 3.76. The Morgan fingerprint density at radius 3 is 2.55 bits per heavy atom. The highest BCUT2D eigenvalue weighted by Gasteiger charge is 2.34. The molecule has 164 valence electrons. The van der Waals surface area contributed by atoms with Crippen LogP contribution in [0.25, 0.3) is 0 Å². The van der Waals surface area contributed by atoms with Crippen molar-refractivity contribution in [1.82, 2.24) is 19.7 Å². The van der Waals surface area contributed by atoms with Gasteiger partial charge in [0.2, 0.25) is 5.91 Å². The van der Waals surface area contributed by atoms with Crippen LogP contribution in [0.4, 0.5) is 15.9 Å². The molecule has 1 atom stereocenters. The highest BCUT2D eigenvalue weighted by atomic mass is 19.1. The lowest BCUT2D eigenvalue weighted by molar-refractivity contribution is -0.119. The number of carbonyl (C=O) groups is 1. The molecule has 1 amide bonds. The maximum absolute atomic E-state index is 13.0. The van der Waals surface area contributed by atoms with Gasteiger partial charge in [-0.3, -0.25) is 9.48 Å². The molecule has 0 bridgehead atoms. The number of carbonyl (C=O) groups excluding carboxylic acids is 1. The summed E-state index contributed by atoms with van der Waals surface area (Å²) in [6, 6.07) is 6.21. The Kier molecular flexibility index (Phi) is 6.68. The van der Waals surface area contributed by atoms with Gasteiger partial charge < -0.3 is 9.80 Å². The molecule has 0 N–H and O–H groups in total. The third kappa shape index (κ3) is 4.57. The standard InChI is InChI=1S/C22H25FN6O.CH4/c1-4-29-15(2)22(30)27(3)19-12-24-20(26-21(19)29)10-7-17-11-25-28(14-17)13-16-5-8-18(23)9-6-16;/h5-6,8-9,11-12,14-15H,4,7,10,13H2,1-3H3;1H4/t15-;/m0./s1. The van der Waals surface area contributed by atoms with Crippen LogP contribution >= 0.6 is 0 Å².